The summed E-state index contributed by atoms with van der Waals surface area (Å²) in [4.78, 5) is 11.0. The van der Waals surface area contributed by atoms with Gasteiger partial charge in [-0.1, -0.05) is 0 Å². The van der Waals surface area contributed by atoms with Crippen LogP contribution in [-0.4, -0.2) is 33.3 Å². The fraction of sp³-hybridized carbons (Fsp3) is 0.667. The van der Waals surface area contributed by atoms with E-state index in [9.17, 15) is 13.2 Å². The summed E-state index contributed by atoms with van der Waals surface area (Å²) in [5.41, 5.74) is 3.43. The van der Waals surface area contributed by atoms with Crippen LogP contribution in [0.2, 0.25) is 0 Å². The van der Waals surface area contributed by atoms with Crippen LogP contribution in [0.15, 0.2) is 0 Å². The van der Waals surface area contributed by atoms with Crippen LogP contribution >= 0.6 is 0 Å². The zero-order chi connectivity index (χ0) is 13.4. The van der Waals surface area contributed by atoms with Gasteiger partial charge in [0, 0.05) is 0 Å². The van der Waals surface area contributed by atoms with Crippen molar-refractivity contribution in [2.24, 2.45) is 0 Å². The molecule has 1 aromatic heterocycles. The van der Waals surface area contributed by atoms with Crippen LogP contribution in [-0.2, 0) is 0 Å². The molecule has 6 nitrogen and oxygen atoms in total. The number of alkyl halides is 3. The molecule has 1 aromatic rings. The first-order chi connectivity index (χ1) is 8.36. The number of nitrogens with zero attached hydrogens (tertiary/aromatic N) is 3. The predicted octanol–water partition coefficient (Wildman–Crippen LogP) is 1.36. The van der Waals surface area contributed by atoms with E-state index >= 15 is 0 Å². The van der Waals surface area contributed by atoms with Crippen molar-refractivity contribution in [1.29, 1.82) is 0 Å². The molecule has 1 fully saturated rings. The van der Waals surface area contributed by atoms with Gasteiger partial charge in [-0.05, 0) is 19.8 Å². The van der Waals surface area contributed by atoms with E-state index in [2.05, 4.69) is 20.3 Å². The first-order valence-corrected chi connectivity index (χ1v) is 5.35. The van der Waals surface area contributed by atoms with Gasteiger partial charge in [0.25, 0.3) is 0 Å². The summed E-state index contributed by atoms with van der Waals surface area (Å²) in [5.74, 6) is -0.408. The molecular formula is C9H12F3N5O. The molecule has 18 heavy (non-hydrogen) atoms. The van der Waals surface area contributed by atoms with Crippen LogP contribution in [0.25, 0.3) is 0 Å². The van der Waals surface area contributed by atoms with E-state index in [1.807, 2.05) is 0 Å². The average molecular weight is 263 g/mol. The van der Waals surface area contributed by atoms with Crippen LogP contribution < -0.4 is 15.8 Å². The molecule has 0 spiro atoms. The maximum absolute atomic E-state index is 12.7. The van der Waals surface area contributed by atoms with Gasteiger partial charge in [0.2, 0.25) is 11.9 Å². The Balaban J connectivity index is 2.19. The number of nitrogens with one attached hydrogen (secondary N) is 1. The quantitative estimate of drug-likeness (QED) is 0.853. The van der Waals surface area contributed by atoms with Crippen LogP contribution in [0.3, 0.4) is 0 Å². The Morgan fingerprint density at radius 1 is 1.33 bits per heavy atom. The summed E-state index contributed by atoms with van der Waals surface area (Å²) in [7, 11) is 0. The topological polar surface area (TPSA) is 86.0 Å². The van der Waals surface area contributed by atoms with Gasteiger partial charge in [0.15, 0.2) is 0 Å². The number of ether oxygens (including phenoxy) is 1. The Labute approximate surface area is 101 Å². The molecule has 0 unspecified atom stereocenters. The molecule has 0 aromatic carbocycles. The summed E-state index contributed by atoms with van der Waals surface area (Å²) in [6.45, 7) is 1.98. The number of anilines is 2. The lowest BCUT2D eigenvalue weighted by molar-refractivity contribution is -0.151. The van der Waals surface area contributed by atoms with E-state index in [1.165, 1.54) is 0 Å². The van der Waals surface area contributed by atoms with E-state index < -0.39 is 11.7 Å². The summed E-state index contributed by atoms with van der Waals surface area (Å²) in [5, 5.41) is 2.26. The van der Waals surface area contributed by atoms with Crippen molar-refractivity contribution in [2.45, 2.75) is 31.5 Å². The van der Waals surface area contributed by atoms with Gasteiger partial charge < -0.3 is 15.8 Å². The Morgan fingerprint density at radius 3 is 2.50 bits per heavy atom. The van der Waals surface area contributed by atoms with Gasteiger partial charge in [-0.15, -0.1) is 0 Å². The van der Waals surface area contributed by atoms with Crippen LogP contribution in [0.5, 0.6) is 6.01 Å². The van der Waals surface area contributed by atoms with Gasteiger partial charge in [-0.3, -0.25) is 0 Å². The second-order valence-electron chi connectivity index (χ2n) is 3.94. The second kappa shape index (κ2) is 4.14. The number of nitrogen functional groups attached to an aromatic ring is 1. The minimum atomic E-state index is -4.35. The van der Waals surface area contributed by atoms with Gasteiger partial charge >= 0.3 is 12.2 Å². The fourth-order valence-corrected chi connectivity index (χ4v) is 1.44. The lowest BCUT2D eigenvalue weighted by atomic mass is 10.3. The van der Waals surface area contributed by atoms with Gasteiger partial charge in [0.05, 0.1) is 6.61 Å². The number of halogens is 3. The average Bonchev–Trinajstić information content (AvgIpc) is 2.97. The van der Waals surface area contributed by atoms with Gasteiger partial charge in [-0.25, -0.2) is 0 Å². The second-order valence-corrected chi connectivity index (χ2v) is 3.94. The first-order valence-electron chi connectivity index (χ1n) is 5.35. The Bertz CT molecular complexity index is 446. The van der Waals surface area contributed by atoms with Crippen LogP contribution in [0.4, 0.5) is 25.1 Å². The van der Waals surface area contributed by atoms with Crippen molar-refractivity contribution in [3.05, 3.63) is 0 Å². The standard InChI is InChI=1S/C9H12F3N5O/c1-2-18-7-15-5(13)14-6(16-7)17-8(3-4-8)9(10,11)12/h2-4H2,1H3,(H3,13,14,15,16,17). The molecule has 0 atom stereocenters. The van der Waals surface area contributed by atoms with Crippen molar-refractivity contribution < 1.29 is 17.9 Å². The van der Waals surface area contributed by atoms with Gasteiger partial charge in [0.1, 0.15) is 5.54 Å². The van der Waals surface area contributed by atoms with Crippen LogP contribution in [0, 0.1) is 0 Å². The molecule has 1 aliphatic rings. The molecule has 0 radical (unpaired) electrons. The summed E-state index contributed by atoms with van der Waals surface area (Å²) >= 11 is 0. The molecule has 1 heterocycles. The molecule has 2 rings (SSSR count). The normalized spacial score (nSPS) is 17.3. The third kappa shape index (κ3) is 2.39. The molecule has 100 valence electrons. The SMILES string of the molecule is CCOc1nc(N)nc(NC2(C(F)(F)F)CC2)n1. The number of rotatable bonds is 4. The lowest BCUT2D eigenvalue weighted by Gasteiger charge is -2.20. The molecule has 0 amide bonds. The number of nitrogens with two attached hydrogens (primary N) is 1. The summed E-state index contributed by atoms with van der Waals surface area (Å²) in [6.07, 6.45) is -4.36. The van der Waals surface area contributed by atoms with Gasteiger partial charge in [-0.2, -0.15) is 28.1 Å². The smallest absolute Gasteiger partial charge is 0.411 e. The van der Waals surface area contributed by atoms with Crippen molar-refractivity contribution in [3.8, 4) is 6.01 Å². The third-order valence-corrected chi connectivity index (χ3v) is 2.55. The minimum Gasteiger partial charge on any atom is -0.464 e. The molecule has 0 aliphatic heterocycles. The fourth-order valence-electron chi connectivity index (χ4n) is 1.44. The first kappa shape index (κ1) is 12.7. The number of hydrogen-bond donors (Lipinski definition) is 2. The van der Waals surface area contributed by atoms with Crippen molar-refractivity contribution in [1.82, 2.24) is 15.0 Å². The van der Waals surface area contributed by atoms with Crippen LogP contribution in [0.1, 0.15) is 19.8 Å². The van der Waals surface area contributed by atoms with Crippen molar-refractivity contribution in [2.75, 3.05) is 17.7 Å². The predicted molar refractivity (Wildman–Crippen MR) is 57.1 cm³/mol. The highest BCUT2D eigenvalue weighted by Gasteiger charge is 2.64. The third-order valence-electron chi connectivity index (χ3n) is 2.55. The Kier molecular flexibility index (Phi) is 2.91. The van der Waals surface area contributed by atoms with E-state index in [-0.39, 0.29) is 37.4 Å². The number of hydrogen-bond acceptors (Lipinski definition) is 6. The zero-order valence-electron chi connectivity index (χ0n) is 9.58. The largest absolute Gasteiger partial charge is 0.464 e. The van der Waals surface area contributed by atoms with E-state index in [0.29, 0.717) is 0 Å². The maximum atomic E-state index is 12.7. The van der Waals surface area contributed by atoms with Crippen molar-refractivity contribution in [3.63, 3.8) is 0 Å². The van der Waals surface area contributed by atoms with E-state index in [4.69, 9.17) is 10.5 Å². The molecule has 0 saturated heterocycles. The van der Waals surface area contributed by atoms with E-state index in [0.717, 1.165) is 0 Å². The molecule has 1 saturated carbocycles. The van der Waals surface area contributed by atoms with Crippen molar-refractivity contribution >= 4 is 11.9 Å². The molecular weight excluding hydrogens is 251 g/mol. The number of aromatic nitrogens is 3. The maximum Gasteiger partial charge on any atom is 0.411 e. The monoisotopic (exact) mass is 263 g/mol. The molecule has 9 heteroatoms. The highest BCUT2D eigenvalue weighted by molar-refractivity contribution is 5.39. The highest BCUT2D eigenvalue weighted by Crippen LogP contribution is 2.50. The molecule has 1 aliphatic carbocycles. The summed E-state index contributed by atoms with van der Waals surface area (Å²) in [6, 6.07) is -0.0922. The minimum absolute atomic E-state index is 0.00788. The Hall–Kier alpha value is -1.80. The molecule has 3 N–H and O–H groups in total. The summed E-state index contributed by atoms with van der Waals surface area (Å²) < 4.78 is 43.2. The highest BCUT2D eigenvalue weighted by atomic mass is 19.4. The lowest BCUT2D eigenvalue weighted by Crippen LogP contribution is -2.39. The molecule has 0 bridgehead atoms. The van der Waals surface area contributed by atoms with E-state index in [1.54, 1.807) is 6.92 Å². The Morgan fingerprint density at radius 2 is 2.00 bits per heavy atom. The zero-order valence-corrected chi connectivity index (χ0v) is 9.58.